The third-order valence-electron chi connectivity index (χ3n) is 2.56. The van der Waals surface area contributed by atoms with Crippen LogP contribution in [0.2, 0.25) is 0 Å². The van der Waals surface area contributed by atoms with Crippen molar-refractivity contribution < 1.29 is 31.9 Å². The second-order valence-corrected chi connectivity index (χ2v) is 6.27. The number of aliphatic hydroxyl groups is 1. The molecule has 0 bridgehead atoms. The Morgan fingerprint density at radius 1 is 1.35 bits per heavy atom. The topological polar surface area (TPSA) is 91.3 Å². The van der Waals surface area contributed by atoms with Crippen LogP contribution in [0, 0.1) is 0 Å². The summed E-state index contributed by atoms with van der Waals surface area (Å²) in [5.74, 6) is -0.807. The van der Waals surface area contributed by atoms with Crippen LogP contribution in [0.15, 0.2) is 0 Å². The quantitative estimate of drug-likeness (QED) is 0.670. The molecule has 0 aromatic heterocycles. The molecule has 2 saturated heterocycles. The first-order chi connectivity index (χ1) is 7.68. The lowest BCUT2D eigenvalue weighted by Crippen LogP contribution is -2.37. The number of ether oxygens (including phenoxy) is 3. The first-order valence-corrected chi connectivity index (χ1v) is 7.03. The van der Waals surface area contributed by atoms with Gasteiger partial charge in [-0.3, -0.25) is 4.18 Å². The molecule has 0 spiro atoms. The summed E-state index contributed by atoms with van der Waals surface area (Å²) >= 11 is 0. The number of hydrogen-bond acceptors (Lipinski definition) is 7. The minimum absolute atomic E-state index is 0.250. The molecule has 7 nitrogen and oxygen atoms in total. The van der Waals surface area contributed by atoms with Crippen LogP contribution < -0.4 is 0 Å². The standard InChI is InChI=1S/C9H16O7S/c1-9(2)15-7-6(10)5(14-8(7)16-9)4-13-17(3,11)12/h5-8,10H,4H2,1-3H3. The Hall–Kier alpha value is -0.250. The Bertz CT molecular complexity index is 390. The molecule has 2 aliphatic heterocycles. The lowest BCUT2D eigenvalue weighted by Gasteiger charge is -2.22. The van der Waals surface area contributed by atoms with Gasteiger partial charge in [-0.1, -0.05) is 0 Å². The Morgan fingerprint density at radius 3 is 2.53 bits per heavy atom. The van der Waals surface area contributed by atoms with Crippen molar-refractivity contribution in [2.45, 2.75) is 44.2 Å². The van der Waals surface area contributed by atoms with Crippen molar-refractivity contribution in [2.75, 3.05) is 12.9 Å². The molecule has 17 heavy (non-hydrogen) atoms. The van der Waals surface area contributed by atoms with E-state index in [2.05, 4.69) is 4.18 Å². The summed E-state index contributed by atoms with van der Waals surface area (Å²) in [6.45, 7) is 3.17. The van der Waals surface area contributed by atoms with Crippen molar-refractivity contribution in [1.82, 2.24) is 0 Å². The van der Waals surface area contributed by atoms with E-state index < -0.39 is 40.5 Å². The highest BCUT2D eigenvalue weighted by Gasteiger charge is 2.54. The van der Waals surface area contributed by atoms with E-state index in [1.54, 1.807) is 13.8 Å². The van der Waals surface area contributed by atoms with Crippen LogP contribution in [-0.4, -0.2) is 56.8 Å². The van der Waals surface area contributed by atoms with Gasteiger partial charge in [0.05, 0.1) is 12.9 Å². The second kappa shape index (κ2) is 4.15. The smallest absolute Gasteiger partial charge is 0.264 e. The number of hydrogen-bond donors (Lipinski definition) is 1. The maximum Gasteiger partial charge on any atom is 0.264 e. The second-order valence-electron chi connectivity index (χ2n) is 4.62. The molecule has 8 heteroatoms. The molecule has 2 rings (SSSR count). The van der Waals surface area contributed by atoms with Gasteiger partial charge in [0.1, 0.15) is 18.3 Å². The van der Waals surface area contributed by atoms with Gasteiger partial charge in [0.15, 0.2) is 12.1 Å². The minimum atomic E-state index is -3.55. The van der Waals surface area contributed by atoms with E-state index in [0.717, 1.165) is 6.26 Å². The third kappa shape index (κ3) is 2.95. The van der Waals surface area contributed by atoms with E-state index in [4.69, 9.17) is 14.2 Å². The van der Waals surface area contributed by atoms with E-state index in [-0.39, 0.29) is 6.61 Å². The van der Waals surface area contributed by atoms with Gasteiger partial charge in [-0.2, -0.15) is 8.42 Å². The average molecular weight is 268 g/mol. The summed E-state index contributed by atoms with van der Waals surface area (Å²) in [6, 6.07) is 0. The molecule has 4 atom stereocenters. The minimum Gasteiger partial charge on any atom is -0.387 e. The highest BCUT2D eigenvalue weighted by Crippen LogP contribution is 2.37. The number of aliphatic hydroxyl groups excluding tert-OH is 1. The zero-order chi connectivity index (χ0) is 12.8. The van der Waals surface area contributed by atoms with Crippen LogP contribution in [0.5, 0.6) is 0 Å². The van der Waals surface area contributed by atoms with E-state index in [1.807, 2.05) is 0 Å². The largest absolute Gasteiger partial charge is 0.387 e. The predicted octanol–water partition coefficient (Wildman–Crippen LogP) is -0.800. The van der Waals surface area contributed by atoms with Crippen molar-refractivity contribution in [2.24, 2.45) is 0 Å². The molecule has 0 saturated carbocycles. The zero-order valence-electron chi connectivity index (χ0n) is 9.82. The van der Waals surface area contributed by atoms with Crippen molar-refractivity contribution in [1.29, 1.82) is 0 Å². The van der Waals surface area contributed by atoms with Gasteiger partial charge in [0, 0.05) is 0 Å². The molecule has 2 fully saturated rings. The third-order valence-corrected chi connectivity index (χ3v) is 3.13. The van der Waals surface area contributed by atoms with E-state index >= 15 is 0 Å². The Balaban J connectivity index is 1.94. The normalized spacial score (nSPS) is 40.5. The first kappa shape index (κ1) is 13.2. The van der Waals surface area contributed by atoms with Crippen LogP contribution in [0.3, 0.4) is 0 Å². The fourth-order valence-electron chi connectivity index (χ4n) is 1.89. The van der Waals surface area contributed by atoms with Gasteiger partial charge in [-0.25, -0.2) is 0 Å². The Kier molecular flexibility index (Phi) is 3.22. The highest BCUT2D eigenvalue weighted by atomic mass is 32.2. The van der Waals surface area contributed by atoms with Crippen molar-refractivity contribution in [3.05, 3.63) is 0 Å². The summed E-state index contributed by atoms with van der Waals surface area (Å²) < 4.78 is 42.4. The lowest BCUT2D eigenvalue weighted by molar-refractivity contribution is -0.217. The average Bonchev–Trinajstić information content (AvgIpc) is 2.57. The fraction of sp³-hybridized carbons (Fsp3) is 1.00. The van der Waals surface area contributed by atoms with Gasteiger partial charge in [-0.05, 0) is 13.8 Å². The summed E-state index contributed by atoms with van der Waals surface area (Å²) in [5.41, 5.74) is 0. The highest BCUT2D eigenvalue weighted by molar-refractivity contribution is 7.85. The summed E-state index contributed by atoms with van der Waals surface area (Å²) in [5, 5.41) is 9.88. The zero-order valence-corrected chi connectivity index (χ0v) is 10.6. The molecule has 2 heterocycles. The monoisotopic (exact) mass is 268 g/mol. The molecular formula is C9H16O7S. The molecule has 1 N–H and O–H groups in total. The molecule has 0 aromatic rings. The van der Waals surface area contributed by atoms with Crippen LogP contribution in [-0.2, 0) is 28.5 Å². The molecule has 0 aliphatic carbocycles. The van der Waals surface area contributed by atoms with Gasteiger partial charge in [0.25, 0.3) is 10.1 Å². The Labute approximate surface area is 99.7 Å². The predicted molar refractivity (Wildman–Crippen MR) is 55.5 cm³/mol. The van der Waals surface area contributed by atoms with Crippen molar-refractivity contribution in [3.8, 4) is 0 Å². The first-order valence-electron chi connectivity index (χ1n) is 5.21. The Morgan fingerprint density at radius 2 is 2.00 bits per heavy atom. The van der Waals surface area contributed by atoms with Crippen LogP contribution in [0.25, 0.3) is 0 Å². The van der Waals surface area contributed by atoms with Gasteiger partial charge < -0.3 is 19.3 Å². The van der Waals surface area contributed by atoms with E-state index in [9.17, 15) is 13.5 Å². The van der Waals surface area contributed by atoms with Crippen molar-refractivity contribution in [3.63, 3.8) is 0 Å². The number of fused-ring (bicyclic) bond motifs is 1. The van der Waals surface area contributed by atoms with Gasteiger partial charge in [-0.15, -0.1) is 0 Å². The van der Waals surface area contributed by atoms with E-state index in [0.29, 0.717) is 0 Å². The van der Waals surface area contributed by atoms with Crippen LogP contribution >= 0.6 is 0 Å². The lowest BCUT2D eigenvalue weighted by atomic mass is 10.1. The maximum absolute atomic E-state index is 10.8. The fourth-order valence-corrected chi connectivity index (χ4v) is 2.27. The van der Waals surface area contributed by atoms with Crippen LogP contribution in [0.4, 0.5) is 0 Å². The van der Waals surface area contributed by atoms with Crippen molar-refractivity contribution >= 4 is 10.1 Å². The molecule has 0 radical (unpaired) electrons. The number of rotatable bonds is 3. The van der Waals surface area contributed by atoms with Gasteiger partial charge >= 0.3 is 0 Å². The molecule has 0 amide bonds. The molecule has 2 aliphatic rings. The maximum atomic E-state index is 10.8. The van der Waals surface area contributed by atoms with Crippen LogP contribution in [0.1, 0.15) is 13.8 Å². The summed E-state index contributed by atoms with van der Waals surface area (Å²) in [4.78, 5) is 0. The molecular weight excluding hydrogens is 252 g/mol. The van der Waals surface area contributed by atoms with E-state index in [1.165, 1.54) is 0 Å². The molecule has 100 valence electrons. The molecule has 0 aromatic carbocycles. The SMILES string of the molecule is CC1(C)OC2OC(COS(C)(=O)=O)C(O)C2O1. The van der Waals surface area contributed by atoms with Gasteiger partial charge in [0.2, 0.25) is 0 Å². The summed E-state index contributed by atoms with van der Waals surface area (Å²) in [7, 11) is -3.55. The summed E-state index contributed by atoms with van der Waals surface area (Å²) in [6.07, 6.45) is -2.10. The molecule has 4 unspecified atom stereocenters.